The number of phenols is 2. The Morgan fingerprint density at radius 1 is 0.760 bits per heavy atom. The van der Waals surface area contributed by atoms with E-state index >= 15 is 0 Å². The van der Waals surface area contributed by atoms with E-state index in [9.17, 15) is 10.2 Å². The number of rotatable bonds is 10. The molecule has 0 aliphatic heterocycles. The zero-order valence-electron chi connectivity index (χ0n) is 15.2. The van der Waals surface area contributed by atoms with Crippen LogP contribution < -0.4 is 0 Å². The highest BCUT2D eigenvalue weighted by Gasteiger charge is 2.28. The molecule has 0 saturated carbocycles. The van der Waals surface area contributed by atoms with Crippen molar-refractivity contribution in [1.29, 1.82) is 0 Å². The molecule has 2 aromatic carbocycles. The topological polar surface area (TPSA) is 40.5 Å². The fraction of sp³-hybridized carbons (Fsp3) is 0.391. The lowest BCUT2D eigenvalue weighted by Crippen LogP contribution is -2.23. The van der Waals surface area contributed by atoms with Gasteiger partial charge in [0.05, 0.1) is 0 Å². The Morgan fingerprint density at radius 3 is 1.68 bits per heavy atom. The van der Waals surface area contributed by atoms with Crippen LogP contribution in [0.5, 0.6) is 11.5 Å². The van der Waals surface area contributed by atoms with Crippen LogP contribution in [0.15, 0.2) is 61.2 Å². The number of unbranched alkanes of at least 4 members (excludes halogenated alkanes) is 5. The summed E-state index contributed by atoms with van der Waals surface area (Å²) in [4.78, 5) is 0. The van der Waals surface area contributed by atoms with Crippen molar-refractivity contribution in [1.82, 2.24) is 0 Å². The van der Waals surface area contributed by atoms with Gasteiger partial charge in [-0.3, -0.25) is 0 Å². The third kappa shape index (κ3) is 5.38. The molecule has 2 N–H and O–H groups in total. The van der Waals surface area contributed by atoms with Gasteiger partial charge < -0.3 is 10.2 Å². The highest BCUT2D eigenvalue weighted by Crippen LogP contribution is 2.38. The molecule has 0 atom stereocenters. The molecule has 0 saturated heterocycles. The molecule has 0 aromatic heterocycles. The Morgan fingerprint density at radius 2 is 1.20 bits per heavy atom. The first-order chi connectivity index (χ1) is 12.1. The maximum Gasteiger partial charge on any atom is 0.115 e. The number of aromatic hydroxyl groups is 2. The predicted octanol–water partition coefficient (Wildman–Crippen LogP) is 6.32. The van der Waals surface area contributed by atoms with E-state index in [0.717, 1.165) is 19.3 Å². The van der Waals surface area contributed by atoms with Gasteiger partial charge in [-0.2, -0.15) is 0 Å². The van der Waals surface area contributed by atoms with Crippen LogP contribution in [-0.2, 0) is 5.41 Å². The maximum atomic E-state index is 9.61. The van der Waals surface area contributed by atoms with Crippen molar-refractivity contribution in [2.24, 2.45) is 0 Å². The van der Waals surface area contributed by atoms with Crippen molar-refractivity contribution in [2.45, 2.75) is 57.3 Å². The zero-order valence-corrected chi connectivity index (χ0v) is 15.2. The van der Waals surface area contributed by atoms with Crippen LogP contribution in [0.3, 0.4) is 0 Å². The van der Waals surface area contributed by atoms with Crippen LogP contribution in [0.1, 0.15) is 63.0 Å². The molecule has 0 bridgehead atoms. The van der Waals surface area contributed by atoms with E-state index in [1.807, 2.05) is 30.3 Å². The number of allylic oxidation sites excluding steroid dienone is 1. The van der Waals surface area contributed by atoms with Gasteiger partial charge in [0.15, 0.2) is 0 Å². The smallest absolute Gasteiger partial charge is 0.115 e. The van der Waals surface area contributed by atoms with Gasteiger partial charge in [-0.15, -0.1) is 6.58 Å². The van der Waals surface area contributed by atoms with Gasteiger partial charge in [-0.25, -0.2) is 0 Å². The van der Waals surface area contributed by atoms with E-state index in [0.29, 0.717) is 11.5 Å². The molecule has 25 heavy (non-hydrogen) atoms. The molecule has 2 rings (SSSR count). The molecule has 2 aromatic rings. The summed E-state index contributed by atoms with van der Waals surface area (Å²) in [7, 11) is 0. The molecule has 0 fully saturated rings. The Labute approximate surface area is 151 Å². The first-order valence-electron chi connectivity index (χ1n) is 9.26. The number of hydrogen-bond donors (Lipinski definition) is 2. The second-order valence-electron chi connectivity index (χ2n) is 7.02. The van der Waals surface area contributed by atoms with E-state index in [2.05, 4.69) is 13.5 Å². The second-order valence-corrected chi connectivity index (χ2v) is 7.02. The van der Waals surface area contributed by atoms with Gasteiger partial charge in [-0.1, -0.05) is 62.9 Å². The monoisotopic (exact) mass is 338 g/mol. The molecule has 2 nitrogen and oxygen atoms in total. The Balaban J connectivity index is 2.08. The molecule has 0 aliphatic rings. The molecule has 0 amide bonds. The van der Waals surface area contributed by atoms with Crippen LogP contribution in [-0.4, -0.2) is 10.2 Å². The summed E-state index contributed by atoms with van der Waals surface area (Å²) in [6.45, 7) is 6.02. The third-order valence-corrected chi connectivity index (χ3v) is 5.09. The number of benzene rings is 2. The average molecular weight is 338 g/mol. The summed E-state index contributed by atoms with van der Waals surface area (Å²) in [5, 5.41) is 19.2. The summed E-state index contributed by atoms with van der Waals surface area (Å²) in [6, 6.07) is 15.0. The second kappa shape index (κ2) is 9.31. The van der Waals surface area contributed by atoms with Gasteiger partial charge in [0.25, 0.3) is 0 Å². The number of hydrogen-bond acceptors (Lipinski definition) is 2. The highest BCUT2D eigenvalue weighted by molar-refractivity contribution is 5.42. The van der Waals surface area contributed by atoms with Crippen LogP contribution in [0.4, 0.5) is 0 Å². The summed E-state index contributed by atoms with van der Waals surface area (Å²) in [5.41, 5.74) is 2.27. The Hall–Kier alpha value is -2.22. The van der Waals surface area contributed by atoms with E-state index in [4.69, 9.17) is 0 Å². The van der Waals surface area contributed by atoms with E-state index < -0.39 is 0 Å². The molecular formula is C23H30O2. The lowest BCUT2D eigenvalue weighted by atomic mass is 9.72. The number of phenolic OH excluding ortho intramolecular Hbond substituents is 2. The van der Waals surface area contributed by atoms with E-state index in [1.165, 1.54) is 36.8 Å². The first kappa shape index (κ1) is 19.1. The summed E-state index contributed by atoms with van der Waals surface area (Å²) >= 11 is 0. The first-order valence-corrected chi connectivity index (χ1v) is 9.26. The van der Waals surface area contributed by atoms with Gasteiger partial charge in [0, 0.05) is 5.41 Å². The average Bonchev–Trinajstić information content (AvgIpc) is 2.62. The van der Waals surface area contributed by atoms with Crippen LogP contribution in [0.2, 0.25) is 0 Å². The molecular weight excluding hydrogens is 308 g/mol. The lowest BCUT2D eigenvalue weighted by Gasteiger charge is -2.31. The maximum absolute atomic E-state index is 9.61. The Bertz CT molecular complexity index is 595. The van der Waals surface area contributed by atoms with Gasteiger partial charge in [0.1, 0.15) is 11.5 Å². The molecule has 0 radical (unpaired) electrons. The van der Waals surface area contributed by atoms with Gasteiger partial charge in [-0.05, 0) is 54.7 Å². The van der Waals surface area contributed by atoms with Crippen LogP contribution in [0, 0.1) is 0 Å². The fourth-order valence-electron chi connectivity index (χ4n) is 3.41. The van der Waals surface area contributed by atoms with Gasteiger partial charge in [0.2, 0.25) is 0 Å². The quantitative estimate of drug-likeness (QED) is 0.393. The summed E-state index contributed by atoms with van der Waals surface area (Å²) < 4.78 is 0. The highest BCUT2D eigenvalue weighted by atomic mass is 16.3. The molecule has 0 unspecified atom stereocenters. The molecule has 0 aliphatic carbocycles. The summed E-state index contributed by atoms with van der Waals surface area (Å²) in [5.74, 6) is 0.582. The molecule has 0 spiro atoms. The normalized spacial score (nSPS) is 11.4. The minimum atomic E-state index is -0.123. The molecule has 2 heteroatoms. The zero-order chi connectivity index (χ0) is 18.1. The fourth-order valence-corrected chi connectivity index (χ4v) is 3.41. The predicted molar refractivity (Wildman–Crippen MR) is 105 cm³/mol. The van der Waals surface area contributed by atoms with Crippen molar-refractivity contribution < 1.29 is 10.2 Å². The minimum Gasteiger partial charge on any atom is -0.508 e. The van der Waals surface area contributed by atoms with Crippen molar-refractivity contribution in [3.63, 3.8) is 0 Å². The van der Waals surface area contributed by atoms with Gasteiger partial charge >= 0.3 is 0 Å². The lowest BCUT2D eigenvalue weighted by molar-refractivity contribution is 0.461. The van der Waals surface area contributed by atoms with Crippen molar-refractivity contribution >= 4 is 0 Å². The molecule has 134 valence electrons. The molecule has 0 heterocycles. The van der Waals surface area contributed by atoms with E-state index in [-0.39, 0.29) is 5.41 Å². The minimum absolute atomic E-state index is 0.123. The van der Waals surface area contributed by atoms with Crippen molar-refractivity contribution in [2.75, 3.05) is 0 Å². The standard InChI is InChI=1S/C23H30O2/c1-3-4-5-6-7-8-9-18-23(2,19-10-14-21(24)15-11-19)20-12-16-22(25)17-13-20/h3,10-17,24-25H,1,4-9,18H2,2H3. The van der Waals surface area contributed by atoms with Crippen LogP contribution >= 0.6 is 0 Å². The van der Waals surface area contributed by atoms with Crippen molar-refractivity contribution in [3.05, 3.63) is 72.3 Å². The van der Waals surface area contributed by atoms with E-state index in [1.54, 1.807) is 24.3 Å². The van der Waals surface area contributed by atoms with Crippen LogP contribution in [0.25, 0.3) is 0 Å². The van der Waals surface area contributed by atoms with Crippen molar-refractivity contribution in [3.8, 4) is 11.5 Å². The largest absolute Gasteiger partial charge is 0.508 e. The third-order valence-electron chi connectivity index (χ3n) is 5.09. The SMILES string of the molecule is C=CCCCCCCCC(C)(c1ccc(O)cc1)c1ccc(O)cc1. The summed E-state index contributed by atoms with van der Waals surface area (Å²) in [6.07, 6.45) is 10.3. The Kier molecular flexibility index (Phi) is 7.12.